The maximum Gasteiger partial charge on any atom is 0.220 e. The van der Waals surface area contributed by atoms with Crippen molar-refractivity contribution < 1.29 is 9.53 Å². The number of ether oxygens (including phenoxy) is 1. The summed E-state index contributed by atoms with van der Waals surface area (Å²) < 4.78 is 5.29. The first-order chi connectivity index (χ1) is 12.3. The van der Waals surface area contributed by atoms with Crippen molar-refractivity contribution in [2.24, 2.45) is 0 Å². The Kier molecular flexibility index (Phi) is 5.74. The average molecular weight is 353 g/mol. The molecule has 0 bridgehead atoms. The molecule has 0 saturated carbocycles. The van der Waals surface area contributed by atoms with Crippen LogP contribution in [0.5, 0.6) is 5.75 Å². The summed E-state index contributed by atoms with van der Waals surface area (Å²) in [4.78, 5) is 20.9. The number of aryl methyl sites for hydroxylation is 1. The summed E-state index contributed by atoms with van der Waals surface area (Å²) in [5.74, 6) is 0.778. The number of carbonyl (C=O) groups excluding carboxylic acids is 1. The van der Waals surface area contributed by atoms with Crippen LogP contribution < -0.4 is 10.1 Å². The van der Waals surface area contributed by atoms with Gasteiger partial charge in [-0.05, 0) is 24.6 Å². The van der Waals surface area contributed by atoms with Crippen LogP contribution in [-0.4, -0.2) is 23.0 Å². The molecule has 2 aromatic heterocycles. The van der Waals surface area contributed by atoms with Crippen molar-refractivity contribution in [1.82, 2.24) is 15.3 Å². The quantitative estimate of drug-likeness (QED) is 0.706. The van der Waals surface area contributed by atoms with Crippen molar-refractivity contribution in [3.63, 3.8) is 0 Å². The number of benzene rings is 1. The number of thiazole rings is 1. The van der Waals surface area contributed by atoms with Crippen LogP contribution >= 0.6 is 11.3 Å². The first-order valence-electron chi connectivity index (χ1n) is 8.00. The fourth-order valence-corrected chi connectivity index (χ4v) is 3.23. The van der Waals surface area contributed by atoms with E-state index in [1.165, 1.54) is 0 Å². The number of amides is 1. The molecule has 2 heterocycles. The highest BCUT2D eigenvalue weighted by Gasteiger charge is 2.09. The highest BCUT2D eigenvalue weighted by Crippen LogP contribution is 2.22. The molecule has 6 heteroatoms. The molecule has 0 aliphatic carbocycles. The predicted molar refractivity (Wildman–Crippen MR) is 98.5 cm³/mol. The standard InChI is InChI=1S/C19H19N3O2S/c1-24-17-8-3-2-6-14(17)12-21-18(23)10-9-15-13-25-19(22-15)16-7-4-5-11-20-16/h2-8,11,13H,9-10,12H2,1H3,(H,21,23). The van der Waals surface area contributed by atoms with E-state index in [0.717, 1.165) is 27.7 Å². The largest absolute Gasteiger partial charge is 0.496 e. The van der Waals surface area contributed by atoms with Crippen molar-refractivity contribution in [2.75, 3.05) is 7.11 Å². The Morgan fingerprint density at radius 1 is 1.20 bits per heavy atom. The zero-order chi connectivity index (χ0) is 17.5. The van der Waals surface area contributed by atoms with E-state index in [1.54, 1.807) is 24.6 Å². The number of hydrogen-bond donors (Lipinski definition) is 1. The average Bonchev–Trinajstić information content (AvgIpc) is 3.14. The van der Waals surface area contributed by atoms with Gasteiger partial charge in [0.25, 0.3) is 0 Å². The molecule has 0 saturated heterocycles. The summed E-state index contributed by atoms with van der Waals surface area (Å²) in [6.07, 6.45) is 2.77. The molecule has 0 atom stereocenters. The van der Waals surface area contributed by atoms with Gasteiger partial charge in [-0.3, -0.25) is 9.78 Å². The molecule has 0 aliphatic heterocycles. The molecule has 25 heavy (non-hydrogen) atoms. The number of rotatable bonds is 7. The monoisotopic (exact) mass is 353 g/mol. The van der Waals surface area contributed by atoms with Gasteiger partial charge in [-0.2, -0.15) is 0 Å². The third-order valence-corrected chi connectivity index (χ3v) is 4.63. The van der Waals surface area contributed by atoms with Gasteiger partial charge in [0.15, 0.2) is 0 Å². The Labute approximate surface area is 150 Å². The van der Waals surface area contributed by atoms with Crippen molar-refractivity contribution in [3.8, 4) is 16.5 Å². The van der Waals surface area contributed by atoms with Gasteiger partial charge in [-0.1, -0.05) is 24.3 Å². The SMILES string of the molecule is COc1ccccc1CNC(=O)CCc1csc(-c2ccccn2)n1. The lowest BCUT2D eigenvalue weighted by Gasteiger charge is -2.09. The number of para-hydroxylation sites is 1. The predicted octanol–water partition coefficient (Wildman–Crippen LogP) is 3.46. The van der Waals surface area contributed by atoms with Gasteiger partial charge in [0.2, 0.25) is 5.91 Å². The van der Waals surface area contributed by atoms with E-state index in [1.807, 2.05) is 47.8 Å². The Morgan fingerprint density at radius 2 is 2.04 bits per heavy atom. The maximum atomic E-state index is 12.1. The van der Waals surface area contributed by atoms with Gasteiger partial charge in [0.1, 0.15) is 10.8 Å². The smallest absolute Gasteiger partial charge is 0.220 e. The van der Waals surface area contributed by atoms with E-state index in [2.05, 4.69) is 15.3 Å². The molecule has 0 spiro atoms. The second kappa shape index (κ2) is 8.39. The molecule has 0 radical (unpaired) electrons. The van der Waals surface area contributed by atoms with Crippen LogP contribution in [-0.2, 0) is 17.8 Å². The van der Waals surface area contributed by atoms with E-state index in [9.17, 15) is 4.79 Å². The highest BCUT2D eigenvalue weighted by atomic mass is 32.1. The van der Waals surface area contributed by atoms with Gasteiger partial charge in [0.05, 0.1) is 18.5 Å². The van der Waals surface area contributed by atoms with E-state index in [-0.39, 0.29) is 5.91 Å². The molecule has 0 unspecified atom stereocenters. The first-order valence-corrected chi connectivity index (χ1v) is 8.88. The minimum atomic E-state index is -0.00158. The molecule has 0 fully saturated rings. The molecule has 3 rings (SSSR count). The molecule has 0 aliphatic rings. The second-order valence-electron chi connectivity index (χ2n) is 5.45. The van der Waals surface area contributed by atoms with E-state index in [4.69, 9.17) is 4.74 Å². The number of methoxy groups -OCH3 is 1. The third kappa shape index (κ3) is 4.64. The van der Waals surface area contributed by atoms with Crippen LogP contribution in [0.15, 0.2) is 54.0 Å². The van der Waals surface area contributed by atoms with Crippen molar-refractivity contribution in [2.45, 2.75) is 19.4 Å². The lowest BCUT2D eigenvalue weighted by Crippen LogP contribution is -2.23. The van der Waals surface area contributed by atoms with Crippen molar-refractivity contribution >= 4 is 17.2 Å². The summed E-state index contributed by atoms with van der Waals surface area (Å²) in [7, 11) is 1.63. The summed E-state index contributed by atoms with van der Waals surface area (Å²) in [5.41, 5.74) is 2.74. The Morgan fingerprint density at radius 3 is 2.84 bits per heavy atom. The zero-order valence-electron chi connectivity index (χ0n) is 13.9. The lowest BCUT2D eigenvalue weighted by molar-refractivity contribution is -0.121. The van der Waals surface area contributed by atoms with Crippen molar-refractivity contribution in [3.05, 3.63) is 65.3 Å². The van der Waals surface area contributed by atoms with Gasteiger partial charge in [-0.15, -0.1) is 11.3 Å². The Bertz CT molecular complexity index is 833. The second-order valence-corrected chi connectivity index (χ2v) is 6.31. The van der Waals surface area contributed by atoms with Gasteiger partial charge in [-0.25, -0.2) is 4.98 Å². The molecule has 1 aromatic carbocycles. The topological polar surface area (TPSA) is 64.1 Å². The summed E-state index contributed by atoms with van der Waals surface area (Å²) >= 11 is 1.55. The lowest BCUT2D eigenvalue weighted by atomic mass is 10.2. The molecular weight excluding hydrogens is 334 g/mol. The fraction of sp³-hybridized carbons (Fsp3) is 0.211. The van der Waals surface area contributed by atoms with E-state index < -0.39 is 0 Å². The van der Waals surface area contributed by atoms with E-state index in [0.29, 0.717) is 19.4 Å². The number of aromatic nitrogens is 2. The van der Waals surface area contributed by atoms with Gasteiger partial charge in [0, 0.05) is 30.1 Å². The van der Waals surface area contributed by atoms with Crippen LogP contribution in [0.1, 0.15) is 17.7 Å². The minimum absolute atomic E-state index is 0.00158. The van der Waals surface area contributed by atoms with Crippen LogP contribution in [0.25, 0.3) is 10.7 Å². The molecule has 128 valence electrons. The van der Waals surface area contributed by atoms with E-state index >= 15 is 0 Å². The molecule has 1 amide bonds. The Balaban J connectivity index is 1.50. The fourth-order valence-electron chi connectivity index (χ4n) is 2.40. The van der Waals surface area contributed by atoms with Crippen LogP contribution in [0.4, 0.5) is 0 Å². The number of hydrogen-bond acceptors (Lipinski definition) is 5. The normalized spacial score (nSPS) is 10.4. The summed E-state index contributed by atoms with van der Waals surface area (Å²) in [6.45, 7) is 0.457. The third-order valence-electron chi connectivity index (χ3n) is 3.71. The van der Waals surface area contributed by atoms with Gasteiger partial charge >= 0.3 is 0 Å². The highest BCUT2D eigenvalue weighted by molar-refractivity contribution is 7.13. The first kappa shape index (κ1) is 17.1. The maximum absolute atomic E-state index is 12.1. The molecule has 5 nitrogen and oxygen atoms in total. The van der Waals surface area contributed by atoms with Crippen molar-refractivity contribution in [1.29, 1.82) is 0 Å². The van der Waals surface area contributed by atoms with Crippen LogP contribution in [0.2, 0.25) is 0 Å². The number of pyridine rings is 1. The molecule has 3 aromatic rings. The van der Waals surface area contributed by atoms with Crippen LogP contribution in [0.3, 0.4) is 0 Å². The van der Waals surface area contributed by atoms with Crippen LogP contribution in [0, 0.1) is 0 Å². The zero-order valence-corrected chi connectivity index (χ0v) is 14.8. The summed E-state index contributed by atoms with van der Waals surface area (Å²) in [5, 5.41) is 5.79. The Hall–Kier alpha value is -2.73. The number of nitrogens with zero attached hydrogens (tertiary/aromatic N) is 2. The minimum Gasteiger partial charge on any atom is -0.496 e. The molecule has 1 N–H and O–H groups in total. The number of nitrogens with one attached hydrogen (secondary N) is 1. The molecular formula is C19H19N3O2S. The number of carbonyl (C=O) groups is 1. The summed E-state index contributed by atoms with van der Waals surface area (Å²) in [6, 6.07) is 13.4. The van der Waals surface area contributed by atoms with Gasteiger partial charge < -0.3 is 10.1 Å².